The van der Waals surface area contributed by atoms with Crippen LogP contribution < -0.4 is 15.0 Å². The van der Waals surface area contributed by atoms with Gasteiger partial charge < -0.3 is 4.74 Å². The number of nitrogens with one attached hydrogen (secondary N) is 1. The molecule has 1 heterocycles. The average molecular weight is 585 g/mol. The summed E-state index contributed by atoms with van der Waals surface area (Å²) < 4.78 is 7.81. The number of hydrogen-bond donors (Lipinski definition) is 1. The maximum atomic E-state index is 13.0. The zero-order chi connectivity index (χ0) is 21.1. The van der Waals surface area contributed by atoms with Crippen LogP contribution in [-0.2, 0) is 9.59 Å². The van der Waals surface area contributed by atoms with Crippen LogP contribution >= 0.6 is 47.8 Å². The minimum Gasteiger partial charge on any atom is -0.488 e. The Bertz CT molecular complexity index is 1050. The lowest BCUT2D eigenvalue weighted by Crippen LogP contribution is -2.54. The lowest BCUT2D eigenvalue weighted by atomic mass is 10.1. The second kappa shape index (κ2) is 9.06. The van der Waals surface area contributed by atoms with Crippen molar-refractivity contribution in [3.8, 4) is 5.75 Å². The molecule has 0 saturated carbocycles. The van der Waals surface area contributed by atoms with E-state index >= 15 is 0 Å². The van der Waals surface area contributed by atoms with Gasteiger partial charge in [0.15, 0.2) is 0 Å². The second-order valence-electron chi connectivity index (χ2n) is 5.84. The van der Waals surface area contributed by atoms with Crippen molar-refractivity contribution in [2.75, 3.05) is 11.5 Å². The minimum absolute atomic E-state index is 0.194. The van der Waals surface area contributed by atoms with Crippen molar-refractivity contribution >= 4 is 77.4 Å². The number of halogens is 3. The molecular weight excluding hydrogens is 572 g/mol. The molecule has 1 aliphatic rings. The van der Waals surface area contributed by atoms with E-state index < -0.39 is 17.8 Å². The topological polar surface area (TPSA) is 75.7 Å². The molecule has 1 fully saturated rings. The number of urea groups is 1. The molecule has 0 aliphatic carbocycles. The van der Waals surface area contributed by atoms with Gasteiger partial charge in [-0.15, -0.1) is 0 Å². The molecule has 0 atom stereocenters. The third-order valence-corrected chi connectivity index (χ3v) is 5.44. The van der Waals surface area contributed by atoms with Gasteiger partial charge in [-0.2, -0.15) is 0 Å². The Morgan fingerprint density at radius 1 is 1.03 bits per heavy atom. The van der Waals surface area contributed by atoms with Crippen LogP contribution in [0.3, 0.4) is 0 Å². The highest BCUT2D eigenvalue weighted by Crippen LogP contribution is 2.35. The Morgan fingerprint density at radius 3 is 2.38 bits per heavy atom. The van der Waals surface area contributed by atoms with E-state index in [0.717, 1.165) is 9.37 Å². The summed E-state index contributed by atoms with van der Waals surface area (Å²) in [5.74, 6) is -1.07. The number of nitrogens with zero attached hydrogens (tertiary/aromatic N) is 1. The molecule has 6 nitrogen and oxygen atoms in total. The quantitative estimate of drug-likeness (QED) is 0.298. The van der Waals surface area contributed by atoms with Crippen molar-refractivity contribution in [3.63, 3.8) is 0 Å². The monoisotopic (exact) mass is 582 g/mol. The lowest BCUT2D eigenvalue weighted by molar-refractivity contribution is -0.122. The molecule has 2 aromatic rings. The van der Waals surface area contributed by atoms with Gasteiger partial charge >= 0.3 is 6.03 Å². The molecule has 1 N–H and O–H groups in total. The molecule has 1 saturated heterocycles. The lowest BCUT2D eigenvalue weighted by Gasteiger charge is -2.26. The first kappa shape index (κ1) is 21.5. The predicted octanol–water partition coefficient (Wildman–Crippen LogP) is 5.21. The number of carbonyl (C=O) groups excluding carboxylic acids is 3. The van der Waals surface area contributed by atoms with Crippen LogP contribution in [0, 0.1) is 0 Å². The van der Waals surface area contributed by atoms with Crippen LogP contribution in [0.5, 0.6) is 5.75 Å². The molecule has 9 heteroatoms. The molecule has 0 unspecified atom stereocenters. The number of barbiturate groups is 1. The second-order valence-corrected chi connectivity index (χ2v) is 8.53. The van der Waals surface area contributed by atoms with E-state index in [2.05, 4.69) is 59.7 Å². The highest BCUT2D eigenvalue weighted by molar-refractivity contribution is 9.11. The van der Waals surface area contributed by atoms with Crippen LogP contribution in [0.2, 0.25) is 0 Å². The van der Waals surface area contributed by atoms with Crippen molar-refractivity contribution in [3.05, 3.63) is 73.6 Å². The summed E-state index contributed by atoms with van der Waals surface area (Å²) >= 11 is 10.1. The summed E-state index contributed by atoms with van der Waals surface area (Å²) in [7, 11) is 0. The highest BCUT2D eigenvalue weighted by atomic mass is 79.9. The molecular formula is C20H13Br3N2O4. The number of benzene rings is 2. The molecule has 0 aromatic heterocycles. The van der Waals surface area contributed by atoms with Gasteiger partial charge in [-0.05, 0) is 58.4 Å². The predicted molar refractivity (Wildman–Crippen MR) is 121 cm³/mol. The molecule has 2 aromatic carbocycles. The smallest absolute Gasteiger partial charge is 0.335 e. The largest absolute Gasteiger partial charge is 0.488 e. The van der Waals surface area contributed by atoms with Crippen molar-refractivity contribution in [2.24, 2.45) is 0 Å². The number of rotatable bonds is 5. The van der Waals surface area contributed by atoms with E-state index in [9.17, 15) is 14.4 Å². The average Bonchev–Trinajstić information content (AvgIpc) is 2.65. The number of amides is 4. The maximum absolute atomic E-state index is 13.0. The maximum Gasteiger partial charge on any atom is 0.335 e. The van der Waals surface area contributed by atoms with Crippen LogP contribution in [-0.4, -0.2) is 24.5 Å². The van der Waals surface area contributed by atoms with E-state index in [1.165, 1.54) is 6.08 Å². The number of imide groups is 2. The first-order chi connectivity index (χ1) is 13.8. The SMILES string of the molecule is C=CCOc1c(Br)cc(Br)cc1/C=C1\C(=O)NC(=O)N(c2ccc(Br)cc2)C1=O. The molecule has 0 spiro atoms. The molecule has 4 amide bonds. The van der Waals surface area contributed by atoms with Gasteiger partial charge in [-0.25, -0.2) is 9.69 Å². The number of ether oxygens (including phenoxy) is 1. The third kappa shape index (κ3) is 4.68. The van der Waals surface area contributed by atoms with E-state index in [0.29, 0.717) is 25.9 Å². The first-order valence-corrected chi connectivity index (χ1v) is 10.6. The number of hydrogen-bond acceptors (Lipinski definition) is 4. The van der Waals surface area contributed by atoms with E-state index in [4.69, 9.17) is 4.74 Å². The Morgan fingerprint density at radius 2 is 1.72 bits per heavy atom. The van der Waals surface area contributed by atoms with Crippen molar-refractivity contribution in [1.29, 1.82) is 0 Å². The van der Waals surface area contributed by atoms with Gasteiger partial charge in [0.25, 0.3) is 11.8 Å². The van der Waals surface area contributed by atoms with Gasteiger partial charge in [0.05, 0.1) is 10.2 Å². The Hall–Kier alpha value is -2.23. The number of carbonyl (C=O) groups is 3. The van der Waals surface area contributed by atoms with Gasteiger partial charge in [0.1, 0.15) is 17.9 Å². The normalized spacial score (nSPS) is 15.5. The van der Waals surface area contributed by atoms with Gasteiger partial charge in [-0.1, -0.05) is 44.5 Å². The van der Waals surface area contributed by atoms with Gasteiger partial charge in [-0.3, -0.25) is 14.9 Å². The molecule has 148 valence electrons. The fraction of sp³-hybridized carbons (Fsp3) is 0.0500. The fourth-order valence-electron chi connectivity index (χ4n) is 2.62. The Labute approximate surface area is 192 Å². The summed E-state index contributed by atoms with van der Waals surface area (Å²) in [5, 5.41) is 2.20. The fourth-order valence-corrected chi connectivity index (χ4v) is 4.26. The minimum atomic E-state index is -0.807. The van der Waals surface area contributed by atoms with Crippen LogP contribution in [0.4, 0.5) is 10.5 Å². The third-order valence-electron chi connectivity index (χ3n) is 3.87. The standard InChI is InChI=1S/C20H13Br3N2O4/c1-2-7-29-17-11(8-13(22)10-16(17)23)9-15-18(26)24-20(28)25(19(15)27)14-5-3-12(21)4-6-14/h2-6,8-10H,1,7H2,(H,24,26,28)/b15-9+. The first-order valence-electron chi connectivity index (χ1n) is 8.21. The van der Waals surface area contributed by atoms with Crippen LogP contribution in [0.15, 0.2) is 68.0 Å². The van der Waals surface area contributed by atoms with E-state index in [-0.39, 0.29) is 12.2 Å². The molecule has 0 bridgehead atoms. The van der Waals surface area contributed by atoms with Gasteiger partial charge in [0.2, 0.25) is 0 Å². The summed E-state index contributed by atoms with van der Waals surface area (Å²) in [6, 6.07) is 9.27. The number of anilines is 1. The zero-order valence-electron chi connectivity index (χ0n) is 14.7. The highest BCUT2D eigenvalue weighted by Gasteiger charge is 2.37. The summed E-state index contributed by atoms with van der Waals surface area (Å²) in [4.78, 5) is 38.6. The summed E-state index contributed by atoms with van der Waals surface area (Å²) in [6.45, 7) is 3.86. The molecule has 29 heavy (non-hydrogen) atoms. The summed E-state index contributed by atoms with van der Waals surface area (Å²) in [6.07, 6.45) is 2.97. The Balaban J connectivity index is 2.07. The van der Waals surface area contributed by atoms with Crippen molar-refractivity contribution in [2.45, 2.75) is 0 Å². The van der Waals surface area contributed by atoms with E-state index in [1.807, 2.05) is 0 Å². The summed E-state index contributed by atoms with van der Waals surface area (Å²) in [5.41, 5.74) is 0.630. The Kier molecular flexibility index (Phi) is 6.71. The van der Waals surface area contributed by atoms with Crippen molar-refractivity contribution in [1.82, 2.24) is 5.32 Å². The molecule has 1 aliphatic heterocycles. The van der Waals surface area contributed by atoms with Crippen LogP contribution in [0.1, 0.15) is 5.56 Å². The van der Waals surface area contributed by atoms with Gasteiger partial charge in [0, 0.05) is 14.5 Å². The zero-order valence-corrected chi connectivity index (χ0v) is 19.5. The van der Waals surface area contributed by atoms with Crippen LogP contribution in [0.25, 0.3) is 6.08 Å². The van der Waals surface area contributed by atoms with Crippen molar-refractivity contribution < 1.29 is 19.1 Å². The molecule has 0 radical (unpaired) electrons. The van der Waals surface area contributed by atoms with E-state index in [1.54, 1.807) is 42.5 Å². The molecule has 3 rings (SSSR count).